The molecule has 1 heterocycles. The second-order valence-corrected chi connectivity index (χ2v) is 5.04. The highest BCUT2D eigenvalue weighted by Crippen LogP contribution is 2.09. The molecule has 0 unspecified atom stereocenters. The molecule has 18 heavy (non-hydrogen) atoms. The van der Waals surface area contributed by atoms with Crippen molar-refractivity contribution in [3.63, 3.8) is 0 Å². The van der Waals surface area contributed by atoms with E-state index < -0.39 is 0 Å². The van der Waals surface area contributed by atoms with E-state index in [0.717, 1.165) is 51.6 Å². The van der Waals surface area contributed by atoms with Gasteiger partial charge in [-0.1, -0.05) is 39.5 Å². The third kappa shape index (κ3) is 4.67. The maximum atomic E-state index is 11.9. The molecule has 0 spiro atoms. The van der Waals surface area contributed by atoms with Gasteiger partial charge in [0.15, 0.2) is 0 Å². The summed E-state index contributed by atoms with van der Waals surface area (Å²) in [6.07, 6.45) is 6.53. The third-order valence-electron chi connectivity index (χ3n) is 3.42. The molecule has 0 saturated carbocycles. The smallest absolute Gasteiger partial charge is 0.242 e. The Hall–Kier alpha value is -1.06. The van der Waals surface area contributed by atoms with Crippen LogP contribution in [0.15, 0.2) is 0 Å². The Kier molecular flexibility index (Phi) is 6.76. The fourth-order valence-electron chi connectivity index (χ4n) is 2.22. The third-order valence-corrected chi connectivity index (χ3v) is 3.42. The minimum atomic E-state index is 0.113. The van der Waals surface area contributed by atoms with Crippen molar-refractivity contribution in [2.24, 2.45) is 0 Å². The van der Waals surface area contributed by atoms with Crippen LogP contribution >= 0.6 is 0 Å². The lowest BCUT2D eigenvalue weighted by Crippen LogP contribution is -2.54. The van der Waals surface area contributed by atoms with Gasteiger partial charge in [0.1, 0.15) is 0 Å². The van der Waals surface area contributed by atoms with E-state index >= 15 is 0 Å². The van der Waals surface area contributed by atoms with Gasteiger partial charge < -0.3 is 9.80 Å². The molecule has 0 aromatic rings. The molecule has 0 radical (unpaired) electrons. The quantitative estimate of drug-likeness (QED) is 0.622. The van der Waals surface area contributed by atoms with E-state index in [2.05, 4.69) is 13.8 Å². The summed E-state index contributed by atoms with van der Waals surface area (Å²) in [5, 5.41) is 0. The van der Waals surface area contributed by atoms with Gasteiger partial charge >= 0.3 is 0 Å². The summed E-state index contributed by atoms with van der Waals surface area (Å²) in [7, 11) is 0. The molecule has 0 aromatic carbocycles. The number of piperazine rings is 1. The van der Waals surface area contributed by atoms with Crippen LogP contribution in [0.2, 0.25) is 0 Å². The molecule has 0 aliphatic carbocycles. The number of nitrogens with zero attached hydrogens (tertiary/aromatic N) is 2. The van der Waals surface area contributed by atoms with Gasteiger partial charge in [0.05, 0.1) is 13.1 Å². The highest BCUT2D eigenvalue weighted by molar-refractivity contribution is 5.92. The zero-order chi connectivity index (χ0) is 13.4. The van der Waals surface area contributed by atoms with E-state index in [1.54, 1.807) is 9.80 Å². The van der Waals surface area contributed by atoms with Crippen LogP contribution in [0.1, 0.15) is 52.4 Å². The van der Waals surface area contributed by atoms with Crippen molar-refractivity contribution in [3.8, 4) is 0 Å². The van der Waals surface area contributed by atoms with E-state index in [9.17, 15) is 9.59 Å². The average molecular weight is 254 g/mol. The minimum absolute atomic E-state index is 0.113. The Balaban J connectivity index is 2.34. The number of hydrogen-bond acceptors (Lipinski definition) is 2. The topological polar surface area (TPSA) is 40.6 Å². The van der Waals surface area contributed by atoms with E-state index in [4.69, 9.17) is 0 Å². The first-order chi connectivity index (χ1) is 8.69. The molecule has 4 heteroatoms. The fourth-order valence-corrected chi connectivity index (χ4v) is 2.22. The molecule has 0 atom stereocenters. The number of hydrogen-bond donors (Lipinski definition) is 0. The number of rotatable bonds is 8. The number of unbranched alkanes of at least 4 members (excludes halogenated alkanes) is 4. The SMILES string of the molecule is CCCCCN1CC(=O)N(CCCCC)CC1=O. The highest BCUT2D eigenvalue weighted by Gasteiger charge is 2.28. The highest BCUT2D eigenvalue weighted by atomic mass is 16.2. The zero-order valence-electron chi connectivity index (χ0n) is 11.8. The van der Waals surface area contributed by atoms with Gasteiger partial charge in [-0.2, -0.15) is 0 Å². The molecule has 0 bridgehead atoms. The Morgan fingerprint density at radius 1 is 0.778 bits per heavy atom. The van der Waals surface area contributed by atoms with Crippen molar-refractivity contribution in [2.45, 2.75) is 52.4 Å². The predicted octanol–water partition coefficient (Wildman–Crippen LogP) is 2.04. The standard InChI is InChI=1S/C14H26N2O2/c1-3-5-7-9-15-11-14(18)16(12-13(15)17)10-8-6-4-2/h3-12H2,1-2H3. The molecule has 0 aromatic heterocycles. The summed E-state index contributed by atoms with van der Waals surface area (Å²) >= 11 is 0. The van der Waals surface area contributed by atoms with Crippen LogP contribution in [-0.4, -0.2) is 47.8 Å². The Labute approximate surface area is 110 Å². The molecule has 2 amide bonds. The predicted molar refractivity (Wildman–Crippen MR) is 72.2 cm³/mol. The van der Waals surface area contributed by atoms with Crippen molar-refractivity contribution >= 4 is 11.8 Å². The van der Waals surface area contributed by atoms with Gasteiger partial charge in [-0.3, -0.25) is 9.59 Å². The van der Waals surface area contributed by atoms with Crippen LogP contribution < -0.4 is 0 Å². The lowest BCUT2D eigenvalue weighted by atomic mass is 10.2. The van der Waals surface area contributed by atoms with Crippen LogP contribution in [0.3, 0.4) is 0 Å². The first-order valence-corrected chi connectivity index (χ1v) is 7.24. The van der Waals surface area contributed by atoms with Gasteiger partial charge in [0.2, 0.25) is 11.8 Å². The van der Waals surface area contributed by atoms with Crippen molar-refractivity contribution in [2.75, 3.05) is 26.2 Å². The minimum Gasteiger partial charge on any atom is -0.332 e. The molecule has 1 aliphatic rings. The van der Waals surface area contributed by atoms with Gasteiger partial charge in [0, 0.05) is 13.1 Å². The Morgan fingerprint density at radius 2 is 1.17 bits per heavy atom. The average Bonchev–Trinajstić information content (AvgIpc) is 2.35. The summed E-state index contributed by atoms with van der Waals surface area (Å²) in [5.41, 5.74) is 0. The van der Waals surface area contributed by atoms with Gasteiger partial charge in [-0.15, -0.1) is 0 Å². The maximum Gasteiger partial charge on any atom is 0.242 e. The first kappa shape index (κ1) is 15.0. The van der Waals surface area contributed by atoms with Crippen LogP contribution in [0.25, 0.3) is 0 Å². The number of amides is 2. The molecule has 1 fully saturated rings. The molecule has 4 nitrogen and oxygen atoms in total. The molecule has 104 valence electrons. The largest absolute Gasteiger partial charge is 0.332 e. The van der Waals surface area contributed by atoms with Crippen molar-refractivity contribution in [1.29, 1.82) is 0 Å². The van der Waals surface area contributed by atoms with Crippen LogP contribution in [-0.2, 0) is 9.59 Å². The Bertz CT molecular complexity index is 251. The molecule has 1 aliphatic heterocycles. The molecule has 1 saturated heterocycles. The van der Waals surface area contributed by atoms with Crippen molar-refractivity contribution in [3.05, 3.63) is 0 Å². The normalized spacial score (nSPS) is 16.6. The second-order valence-electron chi connectivity index (χ2n) is 5.04. The lowest BCUT2D eigenvalue weighted by Gasteiger charge is -2.34. The fraction of sp³-hybridized carbons (Fsp3) is 0.857. The van der Waals surface area contributed by atoms with Gasteiger partial charge in [-0.25, -0.2) is 0 Å². The van der Waals surface area contributed by atoms with E-state index in [1.165, 1.54) is 0 Å². The summed E-state index contributed by atoms with van der Waals surface area (Å²) < 4.78 is 0. The van der Waals surface area contributed by atoms with Gasteiger partial charge in [-0.05, 0) is 12.8 Å². The summed E-state index contributed by atoms with van der Waals surface area (Å²) in [6, 6.07) is 0. The summed E-state index contributed by atoms with van der Waals surface area (Å²) in [4.78, 5) is 27.3. The molecular formula is C14H26N2O2. The number of carbonyl (C=O) groups excluding carboxylic acids is 2. The monoisotopic (exact) mass is 254 g/mol. The first-order valence-electron chi connectivity index (χ1n) is 7.24. The van der Waals surface area contributed by atoms with Crippen LogP contribution in [0.4, 0.5) is 0 Å². The van der Waals surface area contributed by atoms with Crippen molar-refractivity contribution < 1.29 is 9.59 Å². The van der Waals surface area contributed by atoms with Crippen LogP contribution in [0, 0.1) is 0 Å². The lowest BCUT2D eigenvalue weighted by molar-refractivity contribution is -0.150. The molecular weight excluding hydrogens is 228 g/mol. The maximum absolute atomic E-state index is 11.9. The van der Waals surface area contributed by atoms with Gasteiger partial charge in [0.25, 0.3) is 0 Å². The second kappa shape index (κ2) is 8.11. The number of carbonyl (C=O) groups is 2. The van der Waals surface area contributed by atoms with E-state index in [1.807, 2.05) is 0 Å². The van der Waals surface area contributed by atoms with Crippen LogP contribution in [0.5, 0.6) is 0 Å². The zero-order valence-corrected chi connectivity index (χ0v) is 11.8. The van der Waals surface area contributed by atoms with E-state index in [0.29, 0.717) is 0 Å². The summed E-state index contributed by atoms with van der Waals surface area (Å²) in [5.74, 6) is 0.226. The molecule has 1 rings (SSSR count). The van der Waals surface area contributed by atoms with Crippen molar-refractivity contribution in [1.82, 2.24) is 9.80 Å². The Morgan fingerprint density at radius 3 is 1.50 bits per heavy atom. The summed E-state index contributed by atoms with van der Waals surface area (Å²) in [6.45, 7) is 6.32. The molecule has 0 N–H and O–H groups in total. The van der Waals surface area contributed by atoms with E-state index in [-0.39, 0.29) is 24.9 Å².